The minimum absolute atomic E-state index is 0.139. The van der Waals surface area contributed by atoms with E-state index in [1.807, 2.05) is 13.0 Å². The summed E-state index contributed by atoms with van der Waals surface area (Å²) in [6.45, 7) is 2.25. The Morgan fingerprint density at radius 1 is 1.06 bits per heavy atom. The molecule has 1 heterocycles. The van der Waals surface area contributed by atoms with Crippen LogP contribution in [0.25, 0.3) is 0 Å². The summed E-state index contributed by atoms with van der Waals surface area (Å²) in [5.41, 5.74) is 3.05. The first kappa shape index (κ1) is 25.0. The van der Waals surface area contributed by atoms with Crippen LogP contribution in [0.4, 0.5) is 16.2 Å². The molecule has 3 N–H and O–H groups in total. The number of rotatable bonds is 8. The molecule has 1 aliphatic rings. The Labute approximate surface area is 204 Å². The van der Waals surface area contributed by atoms with Crippen LogP contribution in [0.15, 0.2) is 59.8 Å². The van der Waals surface area contributed by atoms with Crippen LogP contribution in [-0.4, -0.2) is 56.5 Å². The highest BCUT2D eigenvalue weighted by Gasteiger charge is 2.33. The fraction of sp³-hybridized carbons (Fsp3) is 0.292. The Morgan fingerprint density at radius 3 is 2.44 bits per heavy atom. The van der Waals surface area contributed by atoms with Crippen molar-refractivity contribution < 1.29 is 23.8 Å². The third kappa shape index (κ3) is 6.03. The second-order valence-corrected chi connectivity index (χ2v) is 7.89. The van der Waals surface area contributed by atoms with Crippen LogP contribution >= 0.6 is 12.2 Å². The number of benzene rings is 2. The van der Waals surface area contributed by atoms with Crippen LogP contribution in [0.3, 0.4) is 0 Å². The second-order valence-electron chi connectivity index (χ2n) is 7.50. The number of carbonyl (C=O) groups is 2. The van der Waals surface area contributed by atoms with Crippen molar-refractivity contribution in [3.05, 3.63) is 65.4 Å². The van der Waals surface area contributed by atoms with Crippen molar-refractivity contribution in [3.8, 4) is 5.75 Å². The van der Waals surface area contributed by atoms with Crippen LogP contribution in [0, 0.1) is 0 Å². The van der Waals surface area contributed by atoms with E-state index in [1.54, 1.807) is 68.6 Å². The average molecular weight is 485 g/mol. The number of ether oxygens (including phenoxy) is 3. The molecule has 2 aromatic carbocycles. The van der Waals surface area contributed by atoms with Crippen LogP contribution in [0.1, 0.15) is 18.5 Å². The smallest absolute Gasteiger partial charge is 0.338 e. The van der Waals surface area contributed by atoms with Gasteiger partial charge in [0.05, 0.1) is 25.3 Å². The third-order valence-electron chi connectivity index (χ3n) is 5.32. The summed E-state index contributed by atoms with van der Waals surface area (Å²) in [4.78, 5) is 27.1. The standard InChI is InChI=1S/C24H28N4O5S/c1-15-20(22(29)33-13-12-31-3)21(27-24(34)28(15)2)16-6-5-7-18(14-16)26-23(30)25-17-8-10-19(32-4)11-9-17/h5-11,14,21H,12-13H2,1-4H3,(H,27,34)(H2,25,26,30). The maximum atomic E-state index is 12.9. The lowest BCUT2D eigenvalue weighted by Crippen LogP contribution is -2.46. The first-order valence-corrected chi connectivity index (χ1v) is 11.0. The van der Waals surface area contributed by atoms with E-state index in [0.717, 1.165) is 5.56 Å². The molecule has 0 bridgehead atoms. The number of esters is 1. The summed E-state index contributed by atoms with van der Waals surface area (Å²) in [6.07, 6.45) is 0. The minimum Gasteiger partial charge on any atom is -0.497 e. The van der Waals surface area contributed by atoms with Gasteiger partial charge in [0.25, 0.3) is 0 Å². The Kier molecular flexibility index (Phi) is 8.44. The van der Waals surface area contributed by atoms with Crippen LogP contribution < -0.4 is 20.7 Å². The molecule has 10 heteroatoms. The molecular weight excluding hydrogens is 456 g/mol. The number of thiocarbonyl (C=S) groups is 1. The minimum atomic E-state index is -0.537. The van der Waals surface area contributed by atoms with Gasteiger partial charge in [-0.05, 0) is 61.1 Å². The van der Waals surface area contributed by atoms with E-state index in [1.165, 1.54) is 0 Å². The van der Waals surface area contributed by atoms with Gasteiger partial charge in [-0.2, -0.15) is 0 Å². The highest BCUT2D eigenvalue weighted by molar-refractivity contribution is 7.80. The maximum Gasteiger partial charge on any atom is 0.338 e. The van der Waals surface area contributed by atoms with Gasteiger partial charge >= 0.3 is 12.0 Å². The van der Waals surface area contributed by atoms with E-state index < -0.39 is 18.0 Å². The lowest BCUT2D eigenvalue weighted by Gasteiger charge is -2.35. The van der Waals surface area contributed by atoms with Crippen molar-refractivity contribution in [2.45, 2.75) is 13.0 Å². The molecule has 0 fully saturated rings. The van der Waals surface area contributed by atoms with Crippen molar-refractivity contribution >= 4 is 40.7 Å². The molecule has 34 heavy (non-hydrogen) atoms. The molecular formula is C24H28N4O5S. The maximum absolute atomic E-state index is 12.9. The lowest BCUT2D eigenvalue weighted by molar-refractivity contribution is -0.140. The van der Waals surface area contributed by atoms with Gasteiger partial charge in [-0.25, -0.2) is 9.59 Å². The highest BCUT2D eigenvalue weighted by atomic mass is 32.1. The topological polar surface area (TPSA) is 101 Å². The predicted octanol–water partition coefficient (Wildman–Crippen LogP) is 3.66. The van der Waals surface area contributed by atoms with E-state index >= 15 is 0 Å². The van der Waals surface area contributed by atoms with Gasteiger partial charge in [-0.3, -0.25) is 0 Å². The molecule has 0 radical (unpaired) electrons. The zero-order valence-corrected chi connectivity index (χ0v) is 20.3. The molecule has 1 atom stereocenters. The summed E-state index contributed by atoms with van der Waals surface area (Å²) in [6, 6.07) is 13.3. The van der Waals surface area contributed by atoms with E-state index in [-0.39, 0.29) is 6.61 Å². The number of allylic oxidation sites excluding steroid dienone is 1. The van der Waals surface area contributed by atoms with E-state index in [2.05, 4.69) is 16.0 Å². The summed E-state index contributed by atoms with van der Waals surface area (Å²) in [5.74, 6) is 0.235. The van der Waals surface area contributed by atoms with Gasteiger partial charge in [0.1, 0.15) is 12.4 Å². The van der Waals surface area contributed by atoms with Gasteiger partial charge in [0.15, 0.2) is 5.11 Å². The van der Waals surface area contributed by atoms with Crippen LogP contribution in [-0.2, 0) is 14.3 Å². The molecule has 0 aromatic heterocycles. The number of nitrogens with one attached hydrogen (secondary N) is 3. The predicted molar refractivity (Wildman–Crippen MR) is 134 cm³/mol. The molecule has 2 amide bonds. The Morgan fingerprint density at radius 2 is 1.76 bits per heavy atom. The molecule has 3 rings (SSSR count). The van der Waals surface area contributed by atoms with Gasteiger partial charge < -0.3 is 35.1 Å². The second kappa shape index (κ2) is 11.5. The molecule has 0 saturated heterocycles. The molecule has 0 spiro atoms. The first-order chi connectivity index (χ1) is 16.3. The highest BCUT2D eigenvalue weighted by Crippen LogP contribution is 2.32. The van der Waals surface area contributed by atoms with Gasteiger partial charge in [0, 0.05) is 31.2 Å². The number of anilines is 2. The molecule has 180 valence electrons. The van der Waals surface area contributed by atoms with E-state index in [0.29, 0.717) is 40.1 Å². The zero-order valence-electron chi connectivity index (χ0n) is 19.5. The summed E-state index contributed by atoms with van der Waals surface area (Å²) in [7, 11) is 4.90. The number of hydrogen-bond donors (Lipinski definition) is 3. The van der Waals surface area contributed by atoms with Crippen LogP contribution in [0.2, 0.25) is 0 Å². The van der Waals surface area contributed by atoms with Crippen LogP contribution in [0.5, 0.6) is 5.75 Å². The number of urea groups is 1. The summed E-state index contributed by atoms with van der Waals surface area (Å²) < 4.78 is 15.5. The molecule has 1 unspecified atom stereocenters. The Bertz CT molecular complexity index is 1090. The third-order valence-corrected chi connectivity index (χ3v) is 5.71. The summed E-state index contributed by atoms with van der Waals surface area (Å²) in [5, 5.41) is 9.26. The molecule has 0 aliphatic carbocycles. The number of nitrogens with zero attached hydrogens (tertiary/aromatic N) is 1. The SMILES string of the molecule is COCCOC(=O)C1=C(C)N(C)C(=S)NC1c1cccc(NC(=O)Nc2ccc(OC)cc2)c1. The van der Waals surface area contributed by atoms with Crippen molar-refractivity contribution in [1.82, 2.24) is 10.2 Å². The zero-order chi connectivity index (χ0) is 24.7. The number of hydrogen-bond acceptors (Lipinski definition) is 6. The largest absolute Gasteiger partial charge is 0.497 e. The lowest BCUT2D eigenvalue weighted by atomic mass is 9.95. The fourth-order valence-electron chi connectivity index (χ4n) is 3.41. The van der Waals surface area contributed by atoms with Crippen molar-refractivity contribution in [3.63, 3.8) is 0 Å². The summed E-state index contributed by atoms with van der Waals surface area (Å²) >= 11 is 5.44. The Hall–Kier alpha value is -3.63. The molecule has 0 saturated carbocycles. The molecule has 9 nitrogen and oxygen atoms in total. The van der Waals surface area contributed by atoms with Crippen molar-refractivity contribution in [1.29, 1.82) is 0 Å². The number of carbonyl (C=O) groups excluding carboxylic acids is 2. The molecule has 1 aliphatic heterocycles. The fourth-order valence-corrected chi connectivity index (χ4v) is 3.66. The van der Waals surface area contributed by atoms with E-state index in [4.69, 9.17) is 26.4 Å². The van der Waals surface area contributed by atoms with Gasteiger partial charge in [0.2, 0.25) is 0 Å². The Balaban J connectivity index is 1.79. The first-order valence-electron chi connectivity index (χ1n) is 10.6. The average Bonchev–Trinajstić information content (AvgIpc) is 2.83. The van der Waals surface area contributed by atoms with Gasteiger partial charge in [-0.15, -0.1) is 0 Å². The number of amides is 2. The number of methoxy groups -OCH3 is 2. The molecule has 2 aromatic rings. The van der Waals surface area contributed by atoms with Gasteiger partial charge in [-0.1, -0.05) is 12.1 Å². The quantitative estimate of drug-likeness (QED) is 0.297. The normalized spacial score (nSPS) is 15.5. The van der Waals surface area contributed by atoms with Crippen molar-refractivity contribution in [2.24, 2.45) is 0 Å². The van der Waals surface area contributed by atoms with Crippen molar-refractivity contribution in [2.75, 3.05) is 45.1 Å². The van der Waals surface area contributed by atoms with E-state index in [9.17, 15) is 9.59 Å². The monoisotopic (exact) mass is 484 g/mol.